The van der Waals surface area contributed by atoms with E-state index in [2.05, 4.69) is 44.6 Å². The molecule has 1 aromatic heterocycles. The van der Waals surface area contributed by atoms with Gasteiger partial charge in [-0.1, -0.05) is 40.0 Å². The molecule has 1 aliphatic carbocycles. The quantitative estimate of drug-likeness (QED) is 0.876. The van der Waals surface area contributed by atoms with E-state index in [-0.39, 0.29) is 0 Å². The van der Waals surface area contributed by atoms with Crippen LogP contribution in [0.2, 0.25) is 0 Å². The predicted molar refractivity (Wildman–Crippen MR) is 85.0 cm³/mol. The average molecular weight is 277 g/mol. The normalized spacial score (nSPS) is 23.5. The summed E-state index contributed by atoms with van der Waals surface area (Å²) in [5.74, 6) is 0.898. The molecule has 0 aromatic carbocycles. The van der Waals surface area contributed by atoms with Crippen molar-refractivity contribution >= 4 is 0 Å². The van der Waals surface area contributed by atoms with Crippen molar-refractivity contribution in [3.05, 3.63) is 17.0 Å². The van der Waals surface area contributed by atoms with Gasteiger partial charge in [0, 0.05) is 23.8 Å². The summed E-state index contributed by atoms with van der Waals surface area (Å²) < 4.78 is 2.33. The molecule has 0 amide bonds. The lowest BCUT2D eigenvalue weighted by Crippen LogP contribution is -2.23. The van der Waals surface area contributed by atoms with Crippen molar-refractivity contribution in [3.63, 3.8) is 0 Å². The number of aryl methyl sites for hydroxylation is 1. The number of rotatable bonds is 5. The van der Waals surface area contributed by atoms with Crippen molar-refractivity contribution in [2.75, 3.05) is 0 Å². The number of nitrogens with zero attached hydrogens (tertiary/aromatic N) is 2. The summed E-state index contributed by atoms with van der Waals surface area (Å²) in [6.07, 6.45) is 6.71. The van der Waals surface area contributed by atoms with Crippen molar-refractivity contribution in [1.29, 1.82) is 0 Å². The molecule has 1 aromatic rings. The van der Waals surface area contributed by atoms with Crippen LogP contribution in [0.25, 0.3) is 0 Å². The van der Waals surface area contributed by atoms with E-state index in [4.69, 9.17) is 5.10 Å². The van der Waals surface area contributed by atoms with Crippen LogP contribution in [0.3, 0.4) is 0 Å². The van der Waals surface area contributed by atoms with Crippen LogP contribution in [-0.2, 0) is 6.54 Å². The van der Waals surface area contributed by atoms with Gasteiger partial charge >= 0.3 is 0 Å². The fourth-order valence-corrected chi connectivity index (χ4v) is 3.47. The van der Waals surface area contributed by atoms with E-state index in [1.54, 1.807) is 0 Å². The molecule has 2 atom stereocenters. The van der Waals surface area contributed by atoms with Crippen LogP contribution in [0.1, 0.15) is 75.9 Å². The Morgan fingerprint density at radius 1 is 1.30 bits per heavy atom. The third-order valence-electron chi connectivity index (χ3n) is 4.84. The van der Waals surface area contributed by atoms with Gasteiger partial charge < -0.3 is 5.32 Å². The van der Waals surface area contributed by atoms with Gasteiger partial charge in [0.15, 0.2) is 0 Å². The average Bonchev–Trinajstić information content (AvgIpc) is 2.72. The zero-order valence-electron chi connectivity index (χ0n) is 13.9. The highest BCUT2D eigenvalue weighted by Gasteiger charge is 2.25. The Balaban J connectivity index is 2.14. The standard InChI is InChI=1S/C17H31N3/c1-6-15-8-7-9-16(10-15)20-14(5)17(13(4)19-20)11-18-12(2)3/h12,15-16,18H,6-11H2,1-5H3. The SMILES string of the molecule is CCC1CCCC(n2nc(C)c(CNC(C)C)c2C)C1. The first-order valence-electron chi connectivity index (χ1n) is 8.30. The predicted octanol–water partition coefficient (Wildman–Crippen LogP) is 4.14. The van der Waals surface area contributed by atoms with Crippen LogP contribution in [0, 0.1) is 19.8 Å². The fourth-order valence-electron chi connectivity index (χ4n) is 3.47. The molecule has 114 valence electrons. The van der Waals surface area contributed by atoms with Crippen LogP contribution in [-0.4, -0.2) is 15.8 Å². The Kier molecular flexibility index (Phi) is 5.25. The van der Waals surface area contributed by atoms with Gasteiger partial charge in [-0.25, -0.2) is 0 Å². The summed E-state index contributed by atoms with van der Waals surface area (Å²) >= 11 is 0. The van der Waals surface area contributed by atoms with Crippen molar-refractivity contribution in [2.45, 2.75) is 85.4 Å². The molecule has 1 heterocycles. The monoisotopic (exact) mass is 277 g/mol. The molecule has 1 fully saturated rings. The van der Waals surface area contributed by atoms with Crippen LogP contribution in [0.15, 0.2) is 0 Å². The Bertz CT molecular complexity index is 434. The largest absolute Gasteiger partial charge is 0.310 e. The van der Waals surface area contributed by atoms with Crippen LogP contribution >= 0.6 is 0 Å². The second-order valence-electron chi connectivity index (χ2n) is 6.72. The Labute approximate surface area is 124 Å². The molecule has 0 radical (unpaired) electrons. The van der Waals surface area contributed by atoms with Gasteiger partial charge in [0.2, 0.25) is 0 Å². The van der Waals surface area contributed by atoms with Gasteiger partial charge in [-0.05, 0) is 32.6 Å². The van der Waals surface area contributed by atoms with Crippen molar-refractivity contribution in [1.82, 2.24) is 15.1 Å². The van der Waals surface area contributed by atoms with Gasteiger partial charge in [0.25, 0.3) is 0 Å². The number of hydrogen-bond donors (Lipinski definition) is 1. The number of aromatic nitrogens is 2. The zero-order valence-corrected chi connectivity index (χ0v) is 13.9. The summed E-state index contributed by atoms with van der Waals surface area (Å²) in [7, 11) is 0. The van der Waals surface area contributed by atoms with Gasteiger partial charge in [-0.15, -0.1) is 0 Å². The summed E-state index contributed by atoms with van der Waals surface area (Å²) in [6, 6.07) is 1.15. The Morgan fingerprint density at radius 2 is 2.05 bits per heavy atom. The fraction of sp³-hybridized carbons (Fsp3) is 0.824. The maximum Gasteiger partial charge on any atom is 0.0641 e. The minimum Gasteiger partial charge on any atom is -0.310 e. The van der Waals surface area contributed by atoms with Crippen LogP contribution in [0.4, 0.5) is 0 Å². The first-order valence-corrected chi connectivity index (χ1v) is 8.30. The second-order valence-corrected chi connectivity index (χ2v) is 6.72. The molecule has 2 rings (SSSR count). The van der Waals surface area contributed by atoms with Gasteiger partial charge in [0.05, 0.1) is 11.7 Å². The highest BCUT2D eigenvalue weighted by atomic mass is 15.3. The first-order chi connectivity index (χ1) is 9.52. The van der Waals surface area contributed by atoms with Crippen LogP contribution in [0.5, 0.6) is 0 Å². The highest BCUT2D eigenvalue weighted by molar-refractivity contribution is 5.25. The van der Waals surface area contributed by atoms with E-state index in [9.17, 15) is 0 Å². The Hall–Kier alpha value is -0.830. The molecule has 20 heavy (non-hydrogen) atoms. The third-order valence-corrected chi connectivity index (χ3v) is 4.84. The zero-order chi connectivity index (χ0) is 14.7. The molecule has 0 spiro atoms. The highest BCUT2D eigenvalue weighted by Crippen LogP contribution is 2.35. The molecule has 3 nitrogen and oxygen atoms in total. The van der Waals surface area contributed by atoms with E-state index in [1.807, 2.05) is 0 Å². The van der Waals surface area contributed by atoms with Gasteiger partial charge in [0.1, 0.15) is 0 Å². The van der Waals surface area contributed by atoms with Gasteiger partial charge in [-0.2, -0.15) is 5.10 Å². The summed E-state index contributed by atoms with van der Waals surface area (Å²) in [5.41, 5.74) is 3.98. The number of hydrogen-bond acceptors (Lipinski definition) is 2. The molecule has 1 saturated carbocycles. The lowest BCUT2D eigenvalue weighted by Gasteiger charge is -2.29. The van der Waals surface area contributed by atoms with E-state index in [1.165, 1.54) is 49.1 Å². The lowest BCUT2D eigenvalue weighted by molar-refractivity contribution is 0.244. The Morgan fingerprint density at radius 3 is 2.70 bits per heavy atom. The first kappa shape index (κ1) is 15.6. The molecule has 2 unspecified atom stereocenters. The maximum absolute atomic E-state index is 4.86. The molecule has 1 N–H and O–H groups in total. The van der Waals surface area contributed by atoms with E-state index >= 15 is 0 Å². The molecular formula is C17H31N3. The van der Waals surface area contributed by atoms with E-state index in [0.29, 0.717) is 12.1 Å². The molecule has 3 heteroatoms. The van der Waals surface area contributed by atoms with Gasteiger partial charge in [-0.3, -0.25) is 4.68 Å². The topological polar surface area (TPSA) is 29.9 Å². The minimum atomic E-state index is 0.524. The molecular weight excluding hydrogens is 246 g/mol. The number of nitrogens with one attached hydrogen (secondary N) is 1. The molecule has 0 aliphatic heterocycles. The summed E-state index contributed by atoms with van der Waals surface area (Å²) in [4.78, 5) is 0. The maximum atomic E-state index is 4.86. The van der Waals surface area contributed by atoms with Crippen molar-refractivity contribution in [3.8, 4) is 0 Å². The molecule has 0 saturated heterocycles. The van der Waals surface area contributed by atoms with E-state index in [0.717, 1.165) is 12.5 Å². The minimum absolute atomic E-state index is 0.524. The molecule has 0 bridgehead atoms. The smallest absolute Gasteiger partial charge is 0.0641 e. The third kappa shape index (κ3) is 3.43. The van der Waals surface area contributed by atoms with Crippen LogP contribution < -0.4 is 5.32 Å². The summed E-state index contributed by atoms with van der Waals surface area (Å²) in [5, 5.41) is 8.38. The molecule has 1 aliphatic rings. The van der Waals surface area contributed by atoms with E-state index < -0.39 is 0 Å². The second kappa shape index (κ2) is 6.75. The summed E-state index contributed by atoms with van der Waals surface area (Å²) in [6.45, 7) is 12.1. The lowest BCUT2D eigenvalue weighted by atomic mass is 9.84. The van der Waals surface area contributed by atoms with Crippen molar-refractivity contribution < 1.29 is 0 Å². The van der Waals surface area contributed by atoms with Crippen molar-refractivity contribution in [2.24, 2.45) is 5.92 Å².